The van der Waals surface area contributed by atoms with E-state index in [1.165, 1.54) is 0 Å². The lowest BCUT2D eigenvalue weighted by Crippen LogP contribution is -2.42. The van der Waals surface area contributed by atoms with Crippen LogP contribution in [0, 0.1) is 6.92 Å². The maximum Gasteiger partial charge on any atom is 0.228 e. The molecule has 5 nitrogen and oxygen atoms in total. The number of rotatable bonds is 6. The summed E-state index contributed by atoms with van der Waals surface area (Å²) >= 11 is 1.58. The first-order valence-electron chi connectivity index (χ1n) is 7.29. The summed E-state index contributed by atoms with van der Waals surface area (Å²) in [6, 6.07) is 3.84. The van der Waals surface area contributed by atoms with Crippen molar-refractivity contribution in [3.05, 3.63) is 29.4 Å². The predicted molar refractivity (Wildman–Crippen MR) is 89.3 cm³/mol. The van der Waals surface area contributed by atoms with Gasteiger partial charge in [-0.25, -0.2) is 4.98 Å². The average molecular weight is 321 g/mol. The molecule has 6 heteroatoms. The Morgan fingerprint density at radius 3 is 2.64 bits per heavy atom. The van der Waals surface area contributed by atoms with Crippen LogP contribution in [-0.4, -0.2) is 39.9 Å². The Bertz CT molecular complexity index is 593. The molecule has 1 atom stereocenters. The quantitative estimate of drug-likeness (QED) is 0.856. The van der Waals surface area contributed by atoms with Gasteiger partial charge in [0.1, 0.15) is 17.7 Å². The van der Waals surface area contributed by atoms with E-state index in [4.69, 9.17) is 4.74 Å². The Hall–Kier alpha value is -1.50. The number of pyridine rings is 1. The molecular formula is C16H23N3O2S. The molecule has 0 aromatic carbocycles. The number of nitrogens with zero attached hydrogens (tertiary/aromatic N) is 2. The van der Waals surface area contributed by atoms with Crippen LogP contribution in [0.5, 0.6) is 5.88 Å². The number of β-amino-alcohol motifs (C(OH)–C–C–N with tert-alkyl or cyclic N) is 1. The van der Waals surface area contributed by atoms with Crippen LogP contribution >= 0.6 is 11.3 Å². The highest BCUT2D eigenvalue weighted by Crippen LogP contribution is 2.31. The number of ether oxygens (including phenoxy) is 1. The van der Waals surface area contributed by atoms with Crippen molar-refractivity contribution in [2.75, 3.05) is 13.2 Å². The van der Waals surface area contributed by atoms with Gasteiger partial charge in [-0.3, -0.25) is 4.98 Å². The minimum Gasteiger partial charge on any atom is -0.474 e. The molecule has 0 aliphatic carbocycles. The SMILES string of the molecule is Cc1sc(-c2ccncc2)nc1OC[C@@H](O)CNC(C)(C)C. The van der Waals surface area contributed by atoms with Gasteiger partial charge in [0, 0.05) is 30.0 Å². The molecule has 0 unspecified atom stereocenters. The number of hydrogen-bond acceptors (Lipinski definition) is 6. The number of thiazole rings is 1. The van der Waals surface area contributed by atoms with Crippen molar-refractivity contribution in [3.63, 3.8) is 0 Å². The third-order valence-corrected chi connectivity index (χ3v) is 3.96. The number of aromatic nitrogens is 2. The summed E-state index contributed by atoms with van der Waals surface area (Å²) in [5.41, 5.74) is 0.999. The fourth-order valence-corrected chi connectivity index (χ4v) is 2.66. The normalized spacial score (nSPS) is 13.1. The summed E-state index contributed by atoms with van der Waals surface area (Å²) < 4.78 is 5.66. The summed E-state index contributed by atoms with van der Waals surface area (Å²) in [6.07, 6.45) is 2.92. The molecule has 0 aliphatic rings. The molecule has 0 radical (unpaired) electrons. The lowest BCUT2D eigenvalue weighted by Gasteiger charge is -2.22. The standard InChI is InChI=1S/C16H23N3O2S/c1-11-14(21-10-13(20)9-18-16(2,3)4)19-15(22-11)12-5-7-17-8-6-12/h5-8,13,18,20H,9-10H2,1-4H3/t13-/m0/s1. The Morgan fingerprint density at radius 1 is 1.32 bits per heavy atom. The lowest BCUT2D eigenvalue weighted by atomic mass is 10.1. The van der Waals surface area contributed by atoms with E-state index in [1.807, 2.05) is 19.1 Å². The van der Waals surface area contributed by atoms with Gasteiger partial charge < -0.3 is 15.2 Å². The van der Waals surface area contributed by atoms with Gasteiger partial charge >= 0.3 is 0 Å². The van der Waals surface area contributed by atoms with Crippen molar-refractivity contribution in [1.82, 2.24) is 15.3 Å². The third-order valence-electron chi connectivity index (χ3n) is 2.96. The second kappa shape index (κ2) is 7.17. The summed E-state index contributed by atoms with van der Waals surface area (Å²) in [7, 11) is 0. The molecule has 2 N–H and O–H groups in total. The second-order valence-electron chi connectivity index (χ2n) is 6.21. The van der Waals surface area contributed by atoms with E-state index in [0.29, 0.717) is 12.4 Å². The molecule has 2 aromatic rings. The minimum atomic E-state index is -0.565. The van der Waals surface area contributed by atoms with Crippen LogP contribution in [0.2, 0.25) is 0 Å². The largest absolute Gasteiger partial charge is 0.474 e. The molecule has 0 bridgehead atoms. The Kier molecular flexibility index (Phi) is 5.50. The van der Waals surface area contributed by atoms with Crippen molar-refractivity contribution in [3.8, 4) is 16.5 Å². The second-order valence-corrected chi connectivity index (χ2v) is 7.42. The first-order valence-corrected chi connectivity index (χ1v) is 8.10. The molecule has 0 spiro atoms. The maximum atomic E-state index is 9.97. The van der Waals surface area contributed by atoms with Gasteiger partial charge in [0.2, 0.25) is 5.88 Å². The van der Waals surface area contributed by atoms with Crippen molar-refractivity contribution in [1.29, 1.82) is 0 Å². The van der Waals surface area contributed by atoms with Gasteiger partial charge in [0.05, 0.1) is 4.88 Å². The van der Waals surface area contributed by atoms with E-state index in [0.717, 1.165) is 15.4 Å². The Balaban J connectivity index is 1.92. The van der Waals surface area contributed by atoms with Gasteiger partial charge in [-0.05, 0) is 39.8 Å². The minimum absolute atomic E-state index is 0.0218. The van der Waals surface area contributed by atoms with Crippen LogP contribution < -0.4 is 10.1 Å². The average Bonchev–Trinajstić information content (AvgIpc) is 2.84. The molecule has 0 aliphatic heterocycles. The van der Waals surface area contributed by atoms with Gasteiger partial charge in [-0.1, -0.05) is 0 Å². The van der Waals surface area contributed by atoms with Gasteiger partial charge in [-0.15, -0.1) is 11.3 Å². The van der Waals surface area contributed by atoms with E-state index in [1.54, 1.807) is 23.7 Å². The number of aliphatic hydroxyl groups is 1. The van der Waals surface area contributed by atoms with Gasteiger partial charge in [-0.2, -0.15) is 0 Å². The topological polar surface area (TPSA) is 67.3 Å². The first-order chi connectivity index (χ1) is 10.3. The fourth-order valence-electron chi connectivity index (χ4n) is 1.79. The summed E-state index contributed by atoms with van der Waals surface area (Å²) in [6.45, 7) is 8.87. The fraction of sp³-hybridized carbons (Fsp3) is 0.500. The van der Waals surface area contributed by atoms with Crippen LogP contribution in [0.15, 0.2) is 24.5 Å². The first kappa shape index (κ1) is 16.9. The molecule has 2 rings (SSSR count). The number of aliphatic hydroxyl groups excluding tert-OH is 1. The number of hydrogen-bond donors (Lipinski definition) is 2. The lowest BCUT2D eigenvalue weighted by molar-refractivity contribution is 0.0978. The predicted octanol–water partition coefficient (Wildman–Crippen LogP) is 2.64. The molecule has 120 valence electrons. The van der Waals surface area contributed by atoms with Crippen molar-refractivity contribution in [2.45, 2.75) is 39.3 Å². The van der Waals surface area contributed by atoms with Gasteiger partial charge in [0.15, 0.2) is 0 Å². The third kappa shape index (κ3) is 5.05. The van der Waals surface area contributed by atoms with E-state index >= 15 is 0 Å². The van der Waals surface area contributed by atoms with E-state index < -0.39 is 6.10 Å². The zero-order valence-electron chi connectivity index (χ0n) is 13.5. The molecule has 0 saturated carbocycles. The van der Waals surface area contributed by atoms with Crippen LogP contribution in [-0.2, 0) is 0 Å². The van der Waals surface area contributed by atoms with E-state index in [2.05, 4.69) is 36.1 Å². The zero-order valence-corrected chi connectivity index (χ0v) is 14.3. The smallest absolute Gasteiger partial charge is 0.228 e. The van der Waals surface area contributed by atoms with Crippen molar-refractivity contribution in [2.24, 2.45) is 0 Å². The number of aryl methyl sites for hydroxylation is 1. The van der Waals surface area contributed by atoms with Gasteiger partial charge in [0.25, 0.3) is 0 Å². The summed E-state index contributed by atoms with van der Waals surface area (Å²) in [5.74, 6) is 0.589. The monoisotopic (exact) mass is 321 g/mol. The zero-order chi connectivity index (χ0) is 16.2. The molecule has 0 fully saturated rings. The molecule has 2 heterocycles. The Labute approximate surface area is 135 Å². The van der Waals surface area contributed by atoms with Crippen LogP contribution in [0.25, 0.3) is 10.6 Å². The number of nitrogens with one attached hydrogen (secondary N) is 1. The highest BCUT2D eigenvalue weighted by Gasteiger charge is 2.15. The highest BCUT2D eigenvalue weighted by atomic mass is 32.1. The summed E-state index contributed by atoms with van der Waals surface area (Å²) in [5, 5.41) is 14.1. The maximum absolute atomic E-state index is 9.97. The molecular weight excluding hydrogens is 298 g/mol. The molecule has 0 amide bonds. The van der Waals surface area contributed by atoms with Crippen LogP contribution in [0.3, 0.4) is 0 Å². The summed E-state index contributed by atoms with van der Waals surface area (Å²) in [4.78, 5) is 9.51. The highest BCUT2D eigenvalue weighted by molar-refractivity contribution is 7.15. The van der Waals surface area contributed by atoms with Crippen molar-refractivity contribution < 1.29 is 9.84 Å². The Morgan fingerprint density at radius 2 is 2.00 bits per heavy atom. The molecule has 0 saturated heterocycles. The van der Waals surface area contributed by atoms with Crippen LogP contribution in [0.4, 0.5) is 0 Å². The van der Waals surface area contributed by atoms with Crippen LogP contribution in [0.1, 0.15) is 25.6 Å². The molecule has 2 aromatic heterocycles. The van der Waals surface area contributed by atoms with E-state index in [-0.39, 0.29) is 12.1 Å². The van der Waals surface area contributed by atoms with E-state index in [9.17, 15) is 5.11 Å². The van der Waals surface area contributed by atoms with Crippen molar-refractivity contribution >= 4 is 11.3 Å². The molecule has 22 heavy (non-hydrogen) atoms.